The van der Waals surface area contributed by atoms with Crippen LogP contribution >= 0.6 is 19.3 Å². The van der Waals surface area contributed by atoms with Gasteiger partial charge in [0.15, 0.2) is 0 Å². The van der Waals surface area contributed by atoms with Crippen molar-refractivity contribution in [3.05, 3.63) is 51.5 Å². The number of rotatable bonds is 9. The molecular formula is C24H29ClF2N3O9P. The summed E-state index contributed by atoms with van der Waals surface area (Å²) in [5.74, 6) is -4.83. The molecule has 3 heterocycles. The van der Waals surface area contributed by atoms with Crippen LogP contribution < -0.4 is 15.5 Å². The number of benzene rings is 1. The van der Waals surface area contributed by atoms with E-state index in [1.54, 1.807) is 18.2 Å². The van der Waals surface area contributed by atoms with Crippen LogP contribution in [0.2, 0.25) is 5.02 Å². The minimum absolute atomic E-state index is 0.0375. The third-order valence-electron chi connectivity index (χ3n) is 6.80. The van der Waals surface area contributed by atoms with E-state index in [9.17, 15) is 33.1 Å². The lowest BCUT2D eigenvalue weighted by atomic mass is 9.86. The molecule has 0 spiro atoms. The van der Waals surface area contributed by atoms with Crippen molar-refractivity contribution in [3.8, 4) is 5.75 Å². The van der Waals surface area contributed by atoms with Crippen LogP contribution in [0.15, 0.2) is 35.3 Å². The van der Waals surface area contributed by atoms with E-state index in [-0.39, 0.29) is 25.3 Å². The summed E-state index contributed by atoms with van der Waals surface area (Å²) in [7, 11) is -2.57. The predicted molar refractivity (Wildman–Crippen MR) is 138 cm³/mol. The van der Waals surface area contributed by atoms with E-state index in [1.807, 2.05) is 0 Å². The molecule has 0 radical (unpaired) electrons. The van der Waals surface area contributed by atoms with Gasteiger partial charge in [0, 0.05) is 12.6 Å². The molecule has 12 nitrogen and oxygen atoms in total. The van der Waals surface area contributed by atoms with Crippen LogP contribution in [0.25, 0.3) is 0 Å². The maximum Gasteiger partial charge on any atom is 0.434 e. The highest BCUT2D eigenvalue weighted by Gasteiger charge is 2.59. The van der Waals surface area contributed by atoms with Gasteiger partial charge >= 0.3 is 25.3 Å². The molecule has 4 rings (SSSR count). The number of methoxy groups -OCH3 is 1. The van der Waals surface area contributed by atoms with Gasteiger partial charge < -0.3 is 19.7 Å². The first-order valence-corrected chi connectivity index (χ1v) is 14.2. The fourth-order valence-corrected chi connectivity index (χ4v) is 6.06. The summed E-state index contributed by atoms with van der Waals surface area (Å²) in [5.41, 5.74) is -1.81. The summed E-state index contributed by atoms with van der Waals surface area (Å²) < 4.78 is 65.0. The molecule has 2 aromatic rings. The Labute approximate surface area is 232 Å². The molecule has 3 N–H and O–H groups in total. The van der Waals surface area contributed by atoms with Gasteiger partial charge in [0.05, 0.1) is 36.4 Å². The second-order valence-electron chi connectivity index (χ2n) is 10.1. The molecule has 0 aliphatic carbocycles. The number of carboxylic acids is 1. The lowest BCUT2D eigenvalue weighted by Gasteiger charge is -2.30. The molecule has 220 valence electrons. The minimum atomic E-state index is -4.03. The Morgan fingerprint density at radius 2 is 2.10 bits per heavy atom. The van der Waals surface area contributed by atoms with Crippen LogP contribution in [0.5, 0.6) is 5.75 Å². The number of aliphatic hydroxyl groups is 1. The van der Waals surface area contributed by atoms with E-state index in [0.717, 1.165) is 12.3 Å². The number of carbonyl (C=O) groups is 1. The van der Waals surface area contributed by atoms with Gasteiger partial charge in [-0.15, -0.1) is 0 Å². The van der Waals surface area contributed by atoms with E-state index < -0.39 is 55.3 Å². The van der Waals surface area contributed by atoms with E-state index in [4.69, 9.17) is 30.1 Å². The number of carboxylic acid groups (broad SMARTS) is 1. The molecular weight excluding hydrogens is 579 g/mol. The fraction of sp³-hybridized carbons (Fsp3) is 0.542. The predicted octanol–water partition coefficient (Wildman–Crippen LogP) is 4.39. The molecule has 2 aliphatic rings. The summed E-state index contributed by atoms with van der Waals surface area (Å²) in [4.78, 5) is 27.7. The third kappa shape index (κ3) is 6.17. The summed E-state index contributed by atoms with van der Waals surface area (Å²) in [6, 6.07) is 6.03. The Kier molecular flexibility index (Phi) is 8.61. The number of aliphatic carboxylic acids is 1. The molecule has 0 saturated carbocycles. The molecule has 1 aromatic carbocycles. The van der Waals surface area contributed by atoms with Crippen molar-refractivity contribution in [2.45, 2.75) is 63.6 Å². The average molecular weight is 608 g/mol. The van der Waals surface area contributed by atoms with Gasteiger partial charge in [-0.25, -0.2) is 9.36 Å². The highest BCUT2D eigenvalue weighted by atomic mass is 35.5. The summed E-state index contributed by atoms with van der Waals surface area (Å²) in [6.45, 7) is 2.88. The summed E-state index contributed by atoms with van der Waals surface area (Å²) in [5, 5.41) is 22.2. The summed E-state index contributed by atoms with van der Waals surface area (Å²) >= 11 is 6.18. The number of halogens is 3. The van der Waals surface area contributed by atoms with Gasteiger partial charge in [0.2, 0.25) is 6.23 Å². The first kappa shape index (κ1) is 30.4. The number of nitrogens with zero attached hydrogens (tertiary/aromatic N) is 2. The smallest absolute Gasteiger partial charge is 0.434 e. The number of aromatic nitrogens is 2. The number of alkyl halides is 2. The number of hydrogen-bond acceptors (Lipinski definition) is 9. The van der Waals surface area contributed by atoms with Crippen LogP contribution in [0.4, 0.5) is 14.6 Å². The lowest BCUT2D eigenvalue weighted by Crippen LogP contribution is -2.41. The first-order valence-electron chi connectivity index (χ1n) is 12.3. The Morgan fingerprint density at radius 3 is 2.73 bits per heavy atom. The monoisotopic (exact) mass is 607 g/mol. The SMILES string of the molecule is COc1ccc(C2CCOP(=O)(Nc3ccn([C@@H]4O[C@H](CCC(C)(C)C(=O)O)[C@@H](O)C4(F)F)c(=O)n3)O2)cc1Cl. The zero-order chi connectivity index (χ0) is 29.5. The topological polar surface area (TPSA) is 158 Å². The van der Waals surface area contributed by atoms with Gasteiger partial charge in [0.25, 0.3) is 0 Å². The molecule has 5 atom stereocenters. The van der Waals surface area contributed by atoms with Gasteiger partial charge in [0.1, 0.15) is 17.7 Å². The fourth-order valence-electron chi connectivity index (χ4n) is 4.30. The van der Waals surface area contributed by atoms with Crippen molar-refractivity contribution in [1.29, 1.82) is 0 Å². The van der Waals surface area contributed by atoms with Gasteiger partial charge in [-0.3, -0.25) is 23.5 Å². The highest BCUT2D eigenvalue weighted by molar-refractivity contribution is 7.55. The van der Waals surface area contributed by atoms with Crippen molar-refractivity contribution in [2.75, 3.05) is 18.8 Å². The Bertz CT molecular complexity index is 1380. The van der Waals surface area contributed by atoms with Gasteiger partial charge in [-0.1, -0.05) is 17.7 Å². The average Bonchev–Trinajstić information content (AvgIpc) is 3.10. The van der Waals surface area contributed by atoms with E-state index >= 15 is 0 Å². The molecule has 2 unspecified atom stereocenters. The third-order valence-corrected chi connectivity index (χ3v) is 8.65. The quantitative estimate of drug-likeness (QED) is 0.347. The van der Waals surface area contributed by atoms with Crippen LogP contribution in [0.1, 0.15) is 51.0 Å². The van der Waals surface area contributed by atoms with Crippen LogP contribution in [-0.2, 0) is 23.1 Å². The second-order valence-corrected chi connectivity index (χ2v) is 12.2. The molecule has 2 fully saturated rings. The highest BCUT2D eigenvalue weighted by Crippen LogP contribution is 2.55. The van der Waals surface area contributed by atoms with Crippen LogP contribution in [0, 0.1) is 5.41 Å². The van der Waals surface area contributed by atoms with Crippen LogP contribution in [-0.4, -0.2) is 57.6 Å². The Balaban J connectivity index is 1.48. The maximum atomic E-state index is 14.9. The maximum absolute atomic E-state index is 14.9. The second kappa shape index (κ2) is 11.3. The lowest BCUT2D eigenvalue weighted by molar-refractivity contribution is -0.148. The van der Waals surface area contributed by atoms with Gasteiger partial charge in [-0.05, 0) is 50.5 Å². The Hall–Kier alpha value is -2.61. The van der Waals surface area contributed by atoms with Crippen molar-refractivity contribution in [3.63, 3.8) is 0 Å². The van der Waals surface area contributed by atoms with E-state index in [0.29, 0.717) is 27.3 Å². The van der Waals surface area contributed by atoms with Crippen molar-refractivity contribution >= 4 is 31.1 Å². The van der Waals surface area contributed by atoms with Crippen LogP contribution in [0.3, 0.4) is 0 Å². The molecule has 2 saturated heterocycles. The zero-order valence-electron chi connectivity index (χ0n) is 21.8. The molecule has 0 bridgehead atoms. The number of aliphatic hydroxyl groups excluding tert-OH is 1. The largest absolute Gasteiger partial charge is 0.495 e. The normalized spacial score (nSPS) is 28.3. The molecule has 16 heteroatoms. The molecule has 0 amide bonds. The zero-order valence-corrected chi connectivity index (χ0v) is 23.4. The summed E-state index contributed by atoms with van der Waals surface area (Å²) in [6.07, 6.45) is -5.52. The minimum Gasteiger partial charge on any atom is -0.495 e. The first-order chi connectivity index (χ1) is 18.7. The van der Waals surface area contributed by atoms with Crippen molar-refractivity contribution in [1.82, 2.24) is 9.55 Å². The number of anilines is 1. The Morgan fingerprint density at radius 1 is 1.38 bits per heavy atom. The van der Waals surface area contributed by atoms with Crippen molar-refractivity contribution in [2.24, 2.45) is 5.41 Å². The van der Waals surface area contributed by atoms with E-state index in [1.165, 1.54) is 21.0 Å². The van der Waals surface area contributed by atoms with Gasteiger partial charge in [-0.2, -0.15) is 13.8 Å². The number of ether oxygens (including phenoxy) is 2. The standard InChI is InChI=1S/C24H29ClF2N3O9P/c1-23(2,21(32)33)9-6-17-19(31)24(26,27)20(38-17)30-10-7-18(28-22(30)34)29-40(35)37-11-8-15(39-40)13-4-5-16(36-3)14(25)12-13/h4-5,7,10,12,15,17,19-20,31H,6,8-9,11H2,1-3H3,(H,32,33)(H,28,29,34,35)/t15?,17-,19-,20-,40?/m1/s1. The van der Waals surface area contributed by atoms with Crippen molar-refractivity contribution < 1.29 is 46.9 Å². The number of hydrogen-bond donors (Lipinski definition) is 3. The van der Waals surface area contributed by atoms with E-state index in [2.05, 4.69) is 10.1 Å². The molecule has 40 heavy (non-hydrogen) atoms. The molecule has 2 aliphatic heterocycles. The number of nitrogens with one attached hydrogen (secondary N) is 1. The molecule has 1 aromatic heterocycles.